The first-order valence-electron chi connectivity index (χ1n) is 10.7. The number of carboxylic acid groups (broad SMARTS) is 1. The van der Waals surface area contributed by atoms with Crippen LogP contribution < -0.4 is 4.74 Å². The van der Waals surface area contributed by atoms with Crippen LogP contribution in [0.25, 0.3) is 11.3 Å². The van der Waals surface area contributed by atoms with Gasteiger partial charge in [-0.1, -0.05) is 24.3 Å². The molecule has 0 aliphatic heterocycles. The van der Waals surface area contributed by atoms with Crippen LogP contribution in [0.5, 0.6) is 5.75 Å². The van der Waals surface area contributed by atoms with Crippen LogP contribution >= 0.6 is 0 Å². The number of aryl methyl sites for hydroxylation is 2. The molecule has 3 rings (SSSR count). The highest BCUT2D eigenvalue weighted by molar-refractivity contribution is 5.74. The fraction of sp³-hybridized carbons (Fsp3) is 0.346. The van der Waals surface area contributed by atoms with Gasteiger partial charge in [-0.05, 0) is 81.5 Å². The number of hydrogen-bond donors (Lipinski definition) is 1. The standard InChI is InChI=1S/C26H27F3O4/c1-17-20(15-23(33-17)19-8-10-21(11-9-19)26(27,28)29)5-4-14-32-22-12-6-18(7-13-22)16-25(2,3)24(30)31/h6-13,15H,4-5,14,16H2,1-3H3,(H,30,31). The fourth-order valence-corrected chi connectivity index (χ4v) is 3.48. The monoisotopic (exact) mass is 460 g/mol. The average Bonchev–Trinajstić information content (AvgIpc) is 3.12. The first kappa shape index (κ1) is 24.4. The molecule has 1 aromatic heterocycles. The molecule has 0 amide bonds. The first-order chi connectivity index (χ1) is 15.5. The minimum absolute atomic E-state index is 0.434. The second-order valence-corrected chi connectivity index (χ2v) is 8.73. The topological polar surface area (TPSA) is 59.7 Å². The summed E-state index contributed by atoms with van der Waals surface area (Å²) in [7, 11) is 0. The van der Waals surface area contributed by atoms with Gasteiger partial charge >= 0.3 is 12.1 Å². The lowest BCUT2D eigenvalue weighted by molar-refractivity contribution is -0.146. The molecule has 1 N–H and O–H groups in total. The minimum Gasteiger partial charge on any atom is -0.494 e. The summed E-state index contributed by atoms with van der Waals surface area (Å²) in [5.74, 6) is 1.15. The molecule has 2 aromatic carbocycles. The lowest BCUT2D eigenvalue weighted by Gasteiger charge is -2.19. The Bertz CT molecular complexity index is 1080. The van der Waals surface area contributed by atoms with E-state index in [1.807, 2.05) is 37.3 Å². The summed E-state index contributed by atoms with van der Waals surface area (Å²) < 4.78 is 49.8. The van der Waals surface area contributed by atoms with Crippen molar-refractivity contribution in [2.24, 2.45) is 5.41 Å². The molecule has 4 nitrogen and oxygen atoms in total. The van der Waals surface area contributed by atoms with Gasteiger partial charge in [0, 0.05) is 5.56 Å². The maximum Gasteiger partial charge on any atom is 0.416 e. The Morgan fingerprint density at radius 1 is 1.03 bits per heavy atom. The second-order valence-electron chi connectivity index (χ2n) is 8.73. The van der Waals surface area contributed by atoms with Crippen molar-refractivity contribution in [2.75, 3.05) is 6.61 Å². The maximum atomic E-state index is 12.7. The number of carbonyl (C=O) groups is 1. The highest BCUT2D eigenvalue weighted by atomic mass is 19.4. The van der Waals surface area contributed by atoms with Gasteiger partial charge in [0.1, 0.15) is 17.3 Å². The van der Waals surface area contributed by atoms with Crippen molar-refractivity contribution in [3.63, 3.8) is 0 Å². The molecular weight excluding hydrogens is 433 g/mol. The lowest BCUT2D eigenvalue weighted by atomic mass is 9.86. The Balaban J connectivity index is 1.51. The van der Waals surface area contributed by atoms with E-state index in [0.717, 1.165) is 35.4 Å². The summed E-state index contributed by atoms with van der Waals surface area (Å²) in [5, 5.41) is 9.25. The molecule has 0 fully saturated rings. The third-order valence-electron chi connectivity index (χ3n) is 5.52. The van der Waals surface area contributed by atoms with Crippen LogP contribution in [0, 0.1) is 12.3 Å². The Morgan fingerprint density at radius 2 is 1.67 bits per heavy atom. The summed E-state index contributed by atoms with van der Waals surface area (Å²) in [6.07, 6.45) is -2.48. The SMILES string of the molecule is Cc1oc(-c2ccc(C(F)(F)F)cc2)cc1CCCOc1ccc(CC(C)(C)C(=O)O)cc1. The summed E-state index contributed by atoms with van der Waals surface area (Å²) in [4.78, 5) is 11.3. The molecular formula is C26H27F3O4. The fourth-order valence-electron chi connectivity index (χ4n) is 3.48. The van der Waals surface area contributed by atoms with Crippen LogP contribution in [0.2, 0.25) is 0 Å². The largest absolute Gasteiger partial charge is 0.494 e. The van der Waals surface area contributed by atoms with Gasteiger partial charge in [0.2, 0.25) is 0 Å². The van der Waals surface area contributed by atoms with Crippen LogP contribution in [-0.4, -0.2) is 17.7 Å². The van der Waals surface area contributed by atoms with Gasteiger partial charge in [0.25, 0.3) is 0 Å². The quantitative estimate of drug-likeness (QED) is 0.352. The van der Waals surface area contributed by atoms with Crippen molar-refractivity contribution in [3.05, 3.63) is 77.0 Å². The summed E-state index contributed by atoms with van der Waals surface area (Å²) in [5.41, 5.74) is 0.994. The zero-order chi connectivity index (χ0) is 24.2. The number of halogens is 3. The van der Waals surface area contributed by atoms with Gasteiger partial charge in [0.15, 0.2) is 0 Å². The smallest absolute Gasteiger partial charge is 0.416 e. The van der Waals surface area contributed by atoms with E-state index >= 15 is 0 Å². The predicted octanol–water partition coefficient (Wildman–Crippen LogP) is 6.94. The van der Waals surface area contributed by atoms with Gasteiger partial charge in [-0.2, -0.15) is 13.2 Å². The molecule has 1 heterocycles. The van der Waals surface area contributed by atoms with Crippen molar-refractivity contribution >= 4 is 5.97 Å². The third-order valence-corrected chi connectivity index (χ3v) is 5.52. The van der Waals surface area contributed by atoms with Crippen molar-refractivity contribution < 1.29 is 32.2 Å². The Morgan fingerprint density at radius 3 is 2.24 bits per heavy atom. The van der Waals surface area contributed by atoms with E-state index in [9.17, 15) is 23.1 Å². The molecule has 0 atom stereocenters. The first-order valence-corrected chi connectivity index (χ1v) is 10.7. The van der Waals surface area contributed by atoms with E-state index in [-0.39, 0.29) is 0 Å². The number of aliphatic carboxylic acids is 1. The molecule has 0 saturated heterocycles. The number of benzene rings is 2. The molecule has 0 spiro atoms. The van der Waals surface area contributed by atoms with E-state index in [1.165, 1.54) is 12.1 Å². The summed E-state index contributed by atoms with van der Waals surface area (Å²) >= 11 is 0. The molecule has 0 aliphatic rings. The third kappa shape index (κ3) is 6.40. The predicted molar refractivity (Wildman–Crippen MR) is 119 cm³/mol. The van der Waals surface area contributed by atoms with Crippen molar-refractivity contribution in [1.29, 1.82) is 0 Å². The summed E-state index contributed by atoms with van der Waals surface area (Å²) in [6.45, 7) is 5.71. The van der Waals surface area contributed by atoms with Crippen LogP contribution in [0.1, 0.15) is 42.7 Å². The van der Waals surface area contributed by atoms with E-state index in [2.05, 4.69) is 0 Å². The molecule has 7 heteroatoms. The maximum absolute atomic E-state index is 12.7. The number of hydrogen-bond acceptors (Lipinski definition) is 3. The number of alkyl halides is 3. The highest BCUT2D eigenvalue weighted by Crippen LogP contribution is 2.32. The van der Waals surface area contributed by atoms with Crippen LogP contribution in [0.4, 0.5) is 13.2 Å². The second kappa shape index (κ2) is 9.73. The Hall–Kier alpha value is -3.22. The molecule has 0 saturated carbocycles. The molecule has 0 aliphatic carbocycles. The molecule has 33 heavy (non-hydrogen) atoms. The van der Waals surface area contributed by atoms with Gasteiger partial charge in [-0.25, -0.2) is 0 Å². The minimum atomic E-state index is -4.36. The van der Waals surface area contributed by atoms with Crippen LogP contribution in [0.3, 0.4) is 0 Å². The molecule has 0 unspecified atom stereocenters. The van der Waals surface area contributed by atoms with Gasteiger partial charge in [-0.3, -0.25) is 4.79 Å². The number of carboxylic acids is 1. The van der Waals surface area contributed by atoms with Crippen molar-refractivity contribution in [3.8, 4) is 17.1 Å². The van der Waals surface area contributed by atoms with E-state index < -0.39 is 23.1 Å². The van der Waals surface area contributed by atoms with E-state index in [1.54, 1.807) is 13.8 Å². The molecule has 176 valence electrons. The molecule has 3 aromatic rings. The van der Waals surface area contributed by atoms with E-state index in [4.69, 9.17) is 9.15 Å². The highest BCUT2D eigenvalue weighted by Gasteiger charge is 2.30. The van der Waals surface area contributed by atoms with Gasteiger partial charge < -0.3 is 14.3 Å². The number of rotatable bonds is 9. The average molecular weight is 460 g/mol. The zero-order valence-electron chi connectivity index (χ0n) is 18.8. The molecule has 0 radical (unpaired) electrons. The van der Waals surface area contributed by atoms with Crippen LogP contribution in [-0.2, 0) is 23.8 Å². The molecule has 0 bridgehead atoms. The Kier molecular flexibility index (Phi) is 7.20. The van der Waals surface area contributed by atoms with Crippen LogP contribution in [0.15, 0.2) is 59.0 Å². The lowest BCUT2D eigenvalue weighted by Crippen LogP contribution is -2.26. The van der Waals surface area contributed by atoms with Gasteiger partial charge in [-0.15, -0.1) is 0 Å². The normalized spacial score (nSPS) is 12.1. The number of furan rings is 1. The number of ether oxygens (including phenoxy) is 1. The van der Waals surface area contributed by atoms with Crippen molar-refractivity contribution in [1.82, 2.24) is 0 Å². The Labute approximate surface area is 191 Å². The van der Waals surface area contributed by atoms with E-state index in [0.29, 0.717) is 36.5 Å². The zero-order valence-corrected chi connectivity index (χ0v) is 18.8. The van der Waals surface area contributed by atoms with Crippen molar-refractivity contribution in [2.45, 2.75) is 46.2 Å². The summed E-state index contributed by atoms with van der Waals surface area (Å²) in [6, 6.07) is 14.2. The van der Waals surface area contributed by atoms with Gasteiger partial charge in [0.05, 0.1) is 17.6 Å².